The SMILES string of the molecule is Cc1ccccc1NS(=O)(=O)c1cc(C(=O)N[C@H]2CCCc3ccccc32)ccc1C. The van der Waals surface area contributed by atoms with Gasteiger partial charge in [-0.3, -0.25) is 9.52 Å². The Kier molecular flexibility index (Phi) is 5.83. The number of amides is 1. The second-order valence-corrected chi connectivity index (χ2v) is 9.67. The number of aryl methyl sites for hydroxylation is 3. The van der Waals surface area contributed by atoms with Gasteiger partial charge < -0.3 is 5.32 Å². The van der Waals surface area contributed by atoms with E-state index in [1.165, 1.54) is 11.6 Å². The first-order chi connectivity index (χ1) is 14.8. The number of hydrogen-bond acceptors (Lipinski definition) is 3. The maximum absolute atomic E-state index is 13.1. The van der Waals surface area contributed by atoms with Crippen LogP contribution in [-0.2, 0) is 16.4 Å². The van der Waals surface area contributed by atoms with Crippen molar-refractivity contribution < 1.29 is 13.2 Å². The molecule has 31 heavy (non-hydrogen) atoms. The van der Waals surface area contributed by atoms with Gasteiger partial charge in [0.25, 0.3) is 15.9 Å². The molecule has 0 saturated heterocycles. The molecule has 0 saturated carbocycles. The Hall–Kier alpha value is -3.12. The summed E-state index contributed by atoms with van der Waals surface area (Å²) in [6, 6.07) is 20.1. The van der Waals surface area contributed by atoms with E-state index in [2.05, 4.69) is 22.2 Å². The van der Waals surface area contributed by atoms with Gasteiger partial charge in [0.05, 0.1) is 16.6 Å². The molecule has 3 aromatic carbocycles. The smallest absolute Gasteiger partial charge is 0.262 e. The van der Waals surface area contributed by atoms with Crippen LogP contribution in [0.1, 0.15) is 51.5 Å². The van der Waals surface area contributed by atoms with Gasteiger partial charge in [-0.15, -0.1) is 0 Å². The third-order valence-corrected chi connectivity index (χ3v) is 7.31. The van der Waals surface area contributed by atoms with Crippen molar-refractivity contribution in [2.24, 2.45) is 0 Å². The average Bonchev–Trinajstić information content (AvgIpc) is 2.75. The highest BCUT2D eigenvalue weighted by molar-refractivity contribution is 7.92. The van der Waals surface area contributed by atoms with Gasteiger partial charge in [0.15, 0.2) is 0 Å². The summed E-state index contributed by atoms with van der Waals surface area (Å²) in [6.07, 6.45) is 2.89. The fourth-order valence-corrected chi connectivity index (χ4v) is 5.47. The molecule has 1 aliphatic carbocycles. The summed E-state index contributed by atoms with van der Waals surface area (Å²) in [6.45, 7) is 3.57. The number of carbonyl (C=O) groups is 1. The molecule has 4 rings (SSSR count). The van der Waals surface area contributed by atoms with Crippen LogP contribution in [0.4, 0.5) is 5.69 Å². The molecule has 0 unspecified atom stereocenters. The number of para-hydroxylation sites is 1. The van der Waals surface area contributed by atoms with E-state index in [-0.39, 0.29) is 16.8 Å². The van der Waals surface area contributed by atoms with Gasteiger partial charge in [0.2, 0.25) is 0 Å². The molecule has 160 valence electrons. The minimum atomic E-state index is -3.83. The molecule has 2 N–H and O–H groups in total. The average molecular weight is 435 g/mol. The van der Waals surface area contributed by atoms with Crippen molar-refractivity contribution in [1.29, 1.82) is 0 Å². The van der Waals surface area contributed by atoms with E-state index in [4.69, 9.17) is 0 Å². The molecule has 1 atom stereocenters. The molecule has 3 aromatic rings. The number of rotatable bonds is 5. The van der Waals surface area contributed by atoms with Crippen LogP contribution in [0.15, 0.2) is 71.6 Å². The topological polar surface area (TPSA) is 75.3 Å². The number of hydrogen-bond donors (Lipinski definition) is 2. The van der Waals surface area contributed by atoms with Crippen LogP contribution in [0.25, 0.3) is 0 Å². The molecule has 0 bridgehead atoms. The van der Waals surface area contributed by atoms with Gasteiger partial charge in [0, 0.05) is 5.56 Å². The highest BCUT2D eigenvalue weighted by Gasteiger charge is 2.24. The zero-order chi connectivity index (χ0) is 22.0. The predicted molar refractivity (Wildman–Crippen MR) is 123 cm³/mol. The Morgan fingerprint density at radius 1 is 0.935 bits per heavy atom. The van der Waals surface area contributed by atoms with Gasteiger partial charge in [0.1, 0.15) is 0 Å². The quantitative estimate of drug-likeness (QED) is 0.599. The lowest BCUT2D eigenvalue weighted by molar-refractivity contribution is 0.0932. The maximum Gasteiger partial charge on any atom is 0.262 e. The lowest BCUT2D eigenvalue weighted by atomic mass is 9.87. The number of fused-ring (bicyclic) bond motifs is 1. The van der Waals surface area contributed by atoms with Crippen LogP contribution < -0.4 is 10.0 Å². The zero-order valence-electron chi connectivity index (χ0n) is 17.7. The van der Waals surface area contributed by atoms with Crippen molar-refractivity contribution in [3.05, 3.63) is 94.5 Å². The normalized spacial score (nSPS) is 15.7. The molecule has 0 radical (unpaired) electrons. The molecule has 0 spiro atoms. The number of carbonyl (C=O) groups excluding carboxylic acids is 1. The molecule has 0 aromatic heterocycles. The van der Waals surface area contributed by atoms with Crippen LogP contribution in [0.5, 0.6) is 0 Å². The highest BCUT2D eigenvalue weighted by atomic mass is 32.2. The third kappa shape index (κ3) is 4.49. The second kappa shape index (κ2) is 8.55. The van der Waals surface area contributed by atoms with E-state index in [0.29, 0.717) is 16.8 Å². The van der Waals surface area contributed by atoms with E-state index in [1.54, 1.807) is 31.2 Å². The number of sulfonamides is 1. The van der Waals surface area contributed by atoms with Crippen molar-refractivity contribution in [2.45, 2.75) is 44.0 Å². The summed E-state index contributed by atoms with van der Waals surface area (Å²) in [4.78, 5) is 13.1. The van der Waals surface area contributed by atoms with Crippen molar-refractivity contribution in [2.75, 3.05) is 4.72 Å². The molecule has 0 heterocycles. The largest absolute Gasteiger partial charge is 0.345 e. The summed E-state index contributed by atoms with van der Waals surface area (Å²) >= 11 is 0. The number of anilines is 1. The maximum atomic E-state index is 13.1. The third-order valence-electron chi connectivity index (χ3n) is 5.80. The Morgan fingerprint density at radius 3 is 2.48 bits per heavy atom. The van der Waals surface area contributed by atoms with Crippen molar-refractivity contribution in [3.63, 3.8) is 0 Å². The van der Waals surface area contributed by atoms with Gasteiger partial charge in [-0.1, -0.05) is 48.5 Å². The van der Waals surface area contributed by atoms with Crippen molar-refractivity contribution in [3.8, 4) is 0 Å². The summed E-state index contributed by atoms with van der Waals surface area (Å²) in [5.74, 6) is -0.269. The van der Waals surface area contributed by atoms with Crippen LogP contribution in [0, 0.1) is 13.8 Å². The Labute approximate surface area is 183 Å². The summed E-state index contributed by atoms with van der Waals surface area (Å²) in [7, 11) is -3.83. The van der Waals surface area contributed by atoms with Gasteiger partial charge in [-0.25, -0.2) is 8.42 Å². The minimum Gasteiger partial charge on any atom is -0.345 e. The molecule has 0 fully saturated rings. The van der Waals surface area contributed by atoms with Gasteiger partial charge in [-0.05, 0) is 73.6 Å². The summed E-state index contributed by atoms with van der Waals surface area (Å²) in [5, 5.41) is 3.09. The highest BCUT2D eigenvalue weighted by Crippen LogP contribution is 2.30. The van der Waals surface area contributed by atoms with Crippen LogP contribution in [0.2, 0.25) is 0 Å². The monoisotopic (exact) mass is 434 g/mol. The second-order valence-electron chi connectivity index (χ2n) is 8.02. The molecular formula is C25H26N2O3S. The molecule has 5 nitrogen and oxygen atoms in total. The van der Waals surface area contributed by atoms with Crippen LogP contribution in [0.3, 0.4) is 0 Å². The Morgan fingerprint density at radius 2 is 1.68 bits per heavy atom. The first kappa shape index (κ1) is 21.1. The molecule has 1 amide bonds. The molecule has 0 aliphatic heterocycles. The van der Waals surface area contributed by atoms with E-state index in [0.717, 1.165) is 30.4 Å². The van der Waals surface area contributed by atoms with Gasteiger partial charge in [-0.2, -0.15) is 0 Å². The van der Waals surface area contributed by atoms with Crippen molar-refractivity contribution in [1.82, 2.24) is 5.32 Å². The minimum absolute atomic E-state index is 0.0658. The Balaban J connectivity index is 1.59. The lowest BCUT2D eigenvalue weighted by Crippen LogP contribution is -2.31. The number of benzene rings is 3. The first-order valence-electron chi connectivity index (χ1n) is 10.4. The molecule has 1 aliphatic rings. The van der Waals surface area contributed by atoms with Crippen molar-refractivity contribution >= 4 is 21.6 Å². The van der Waals surface area contributed by atoms with E-state index >= 15 is 0 Å². The van der Waals surface area contributed by atoms with Crippen LogP contribution in [-0.4, -0.2) is 14.3 Å². The van der Waals surface area contributed by atoms with E-state index in [9.17, 15) is 13.2 Å². The first-order valence-corrected chi connectivity index (χ1v) is 11.9. The summed E-state index contributed by atoms with van der Waals surface area (Å²) < 4.78 is 28.8. The Bertz CT molecular complexity index is 1240. The van der Waals surface area contributed by atoms with E-state index < -0.39 is 10.0 Å². The standard InChI is InChI=1S/C25H26N2O3S/c1-17-8-3-6-12-22(17)27-31(29,30)24-16-20(15-14-18(24)2)25(28)26-23-13-7-10-19-9-4-5-11-21(19)23/h3-6,8-9,11-12,14-16,23,27H,7,10,13H2,1-2H3,(H,26,28)/t23-/m0/s1. The molecular weight excluding hydrogens is 408 g/mol. The fourth-order valence-electron chi connectivity index (χ4n) is 4.06. The zero-order valence-corrected chi connectivity index (χ0v) is 18.5. The van der Waals surface area contributed by atoms with Crippen LogP contribution >= 0.6 is 0 Å². The number of nitrogens with one attached hydrogen (secondary N) is 2. The lowest BCUT2D eigenvalue weighted by Gasteiger charge is -2.26. The fraction of sp³-hybridized carbons (Fsp3) is 0.240. The predicted octanol–water partition coefficient (Wildman–Crippen LogP) is 4.91. The summed E-state index contributed by atoms with van der Waals surface area (Å²) in [5.41, 5.74) is 4.67. The van der Waals surface area contributed by atoms with E-state index in [1.807, 2.05) is 31.2 Å². The van der Waals surface area contributed by atoms with Gasteiger partial charge >= 0.3 is 0 Å². The molecule has 6 heteroatoms.